The van der Waals surface area contributed by atoms with E-state index in [1.54, 1.807) is 11.6 Å². The molecule has 0 spiro atoms. The zero-order chi connectivity index (χ0) is 15.3. The number of hydrogen-bond acceptors (Lipinski definition) is 3. The maximum atomic E-state index is 12.1. The highest BCUT2D eigenvalue weighted by molar-refractivity contribution is 9.10. The number of halogens is 1. The highest BCUT2D eigenvalue weighted by Gasteiger charge is 2.23. The molecule has 1 N–H and O–H groups in total. The Bertz CT molecular complexity index is 922. The van der Waals surface area contributed by atoms with Gasteiger partial charge in [-0.3, -0.25) is 9.55 Å². The molecule has 1 aromatic carbocycles. The number of aryl methyl sites for hydroxylation is 1. The number of fused-ring (bicyclic) bond motifs is 3. The molecular weight excluding hydrogens is 346 g/mol. The molecule has 0 radical (unpaired) electrons. The Morgan fingerprint density at radius 2 is 2.32 bits per heavy atom. The second-order valence-electron chi connectivity index (χ2n) is 5.79. The van der Waals surface area contributed by atoms with E-state index in [0.717, 1.165) is 51.6 Å². The second kappa shape index (κ2) is 5.21. The number of nitrogens with one attached hydrogen (secondary N) is 1. The summed E-state index contributed by atoms with van der Waals surface area (Å²) in [5.74, 6) is 0.241. The van der Waals surface area contributed by atoms with Crippen molar-refractivity contribution in [2.75, 3.05) is 13.2 Å². The molecule has 3 aromatic rings. The van der Waals surface area contributed by atoms with Gasteiger partial charge >= 0.3 is 5.69 Å². The molecule has 0 saturated carbocycles. The molecule has 6 heteroatoms. The van der Waals surface area contributed by atoms with Crippen LogP contribution in [0.5, 0.6) is 0 Å². The average molecular weight is 362 g/mol. The number of ether oxygens (including phenoxy) is 1. The molecule has 1 aliphatic rings. The molecular formula is C16H16BrN3O2. The first-order valence-corrected chi connectivity index (χ1v) is 8.20. The maximum absolute atomic E-state index is 12.1. The van der Waals surface area contributed by atoms with Gasteiger partial charge in [-0.25, -0.2) is 4.79 Å². The number of aromatic amines is 1. The third-order valence-electron chi connectivity index (χ3n) is 4.37. The van der Waals surface area contributed by atoms with Gasteiger partial charge in [0.15, 0.2) is 0 Å². The van der Waals surface area contributed by atoms with E-state index in [9.17, 15) is 4.79 Å². The summed E-state index contributed by atoms with van der Waals surface area (Å²) in [6.45, 7) is 1.48. The van der Waals surface area contributed by atoms with Crippen molar-refractivity contribution in [2.45, 2.75) is 18.8 Å². The number of hydrogen-bond donors (Lipinski definition) is 1. The molecule has 1 aliphatic heterocycles. The number of rotatable bonds is 1. The van der Waals surface area contributed by atoms with Gasteiger partial charge in [0.05, 0.1) is 28.9 Å². The van der Waals surface area contributed by atoms with E-state index >= 15 is 0 Å². The first kappa shape index (κ1) is 14.0. The lowest BCUT2D eigenvalue weighted by Gasteiger charge is -2.22. The van der Waals surface area contributed by atoms with Gasteiger partial charge < -0.3 is 9.72 Å². The monoisotopic (exact) mass is 361 g/mol. The fourth-order valence-electron chi connectivity index (χ4n) is 3.24. The van der Waals surface area contributed by atoms with E-state index in [0.29, 0.717) is 6.61 Å². The standard InChI is InChI=1S/C16H16BrN3O2/c1-20-15-13(9-3-2-6-22-8-9)18-12-5-4-10(17)7-11(12)14(15)19-16(20)21/h4-5,7,9H,2-3,6,8H2,1H3,(H,19,21)/t9-/m1/s1. The topological polar surface area (TPSA) is 59.9 Å². The summed E-state index contributed by atoms with van der Waals surface area (Å²) in [6.07, 6.45) is 2.08. The number of nitrogens with zero attached hydrogens (tertiary/aromatic N) is 2. The van der Waals surface area contributed by atoms with E-state index in [1.165, 1.54) is 0 Å². The van der Waals surface area contributed by atoms with Crippen molar-refractivity contribution in [3.8, 4) is 0 Å². The summed E-state index contributed by atoms with van der Waals surface area (Å²) in [6, 6.07) is 5.96. The lowest BCUT2D eigenvalue weighted by Crippen LogP contribution is -2.19. The number of pyridine rings is 1. The molecule has 1 saturated heterocycles. The Hall–Kier alpha value is -1.66. The summed E-state index contributed by atoms with van der Waals surface area (Å²) >= 11 is 3.49. The minimum absolute atomic E-state index is 0.109. The zero-order valence-corrected chi connectivity index (χ0v) is 13.8. The van der Waals surface area contributed by atoms with Crippen LogP contribution in [0.25, 0.3) is 21.9 Å². The SMILES string of the molecule is Cn1c(=O)[nH]c2c3cc(Br)ccc3nc([C@@H]3CCCOC3)c21. The van der Waals surface area contributed by atoms with Gasteiger partial charge in [0.25, 0.3) is 0 Å². The summed E-state index contributed by atoms with van der Waals surface area (Å²) in [4.78, 5) is 20.0. The predicted octanol–water partition coefficient (Wildman–Crippen LogP) is 3.07. The van der Waals surface area contributed by atoms with Gasteiger partial charge in [0.1, 0.15) is 0 Å². The molecule has 3 heterocycles. The lowest BCUT2D eigenvalue weighted by atomic mass is 9.96. The van der Waals surface area contributed by atoms with Crippen LogP contribution in [-0.4, -0.2) is 27.7 Å². The van der Waals surface area contributed by atoms with Crippen molar-refractivity contribution < 1.29 is 4.74 Å². The Kier molecular flexibility index (Phi) is 3.31. The van der Waals surface area contributed by atoms with Crippen LogP contribution in [0, 0.1) is 0 Å². The van der Waals surface area contributed by atoms with Crippen molar-refractivity contribution in [2.24, 2.45) is 7.05 Å². The van der Waals surface area contributed by atoms with E-state index < -0.39 is 0 Å². The third kappa shape index (κ3) is 2.09. The van der Waals surface area contributed by atoms with Crippen LogP contribution in [0.15, 0.2) is 27.5 Å². The van der Waals surface area contributed by atoms with Crippen LogP contribution in [0.4, 0.5) is 0 Å². The van der Waals surface area contributed by atoms with Gasteiger partial charge in [0.2, 0.25) is 0 Å². The normalized spacial score (nSPS) is 19.1. The van der Waals surface area contributed by atoms with Crippen LogP contribution in [0.1, 0.15) is 24.5 Å². The Morgan fingerprint density at radius 1 is 1.45 bits per heavy atom. The Morgan fingerprint density at radius 3 is 3.09 bits per heavy atom. The van der Waals surface area contributed by atoms with Crippen LogP contribution in [-0.2, 0) is 11.8 Å². The summed E-state index contributed by atoms with van der Waals surface area (Å²) in [5, 5.41) is 0.961. The van der Waals surface area contributed by atoms with Gasteiger partial charge in [-0.05, 0) is 31.0 Å². The van der Waals surface area contributed by atoms with E-state index in [-0.39, 0.29) is 11.6 Å². The molecule has 2 aromatic heterocycles. The van der Waals surface area contributed by atoms with Crippen molar-refractivity contribution in [1.29, 1.82) is 0 Å². The first-order chi connectivity index (χ1) is 10.6. The van der Waals surface area contributed by atoms with Gasteiger partial charge in [-0.2, -0.15) is 0 Å². The number of benzene rings is 1. The molecule has 0 unspecified atom stereocenters. The Balaban J connectivity index is 2.09. The van der Waals surface area contributed by atoms with Crippen LogP contribution >= 0.6 is 15.9 Å². The highest BCUT2D eigenvalue weighted by Crippen LogP contribution is 2.33. The largest absolute Gasteiger partial charge is 0.381 e. The summed E-state index contributed by atoms with van der Waals surface area (Å²) in [7, 11) is 1.79. The maximum Gasteiger partial charge on any atom is 0.326 e. The zero-order valence-electron chi connectivity index (χ0n) is 12.2. The molecule has 0 aliphatic carbocycles. The molecule has 1 fully saturated rings. The summed E-state index contributed by atoms with van der Waals surface area (Å²) in [5.41, 5.74) is 3.51. The first-order valence-electron chi connectivity index (χ1n) is 7.41. The quantitative estimate of drug-likeness (QED) is 0.724. The van der Waals surface area contributed by atoms with Gasteiger partial charge in [0, 0.05) is 29.4 Å². The molecule has 0 amide bonds. The molecule has 114 valence electrons. The highest BCUT2D eigenvalue weighted by atomic mass is 79.9. The number of aromatic nitrogens is 3. The smallest absolute Gasteiger partial charge is 0.326 e. The van der Waals surface area contributed by atoms with Crippen molar-refractivity contribution in [1.82, 2.24) is 14.5 Å². The fourth-order valence-corrected chi connectivity index (χ4v) is 3.60. The van der Waals surface area contributed by atoms with Crippen LogP contribution in [0.3, 0.4) is 0 Å². The number of H-pyrrole nitrogens is 1. The summed E-state index contributed by atoms with van der Waals surface area (Å²) < 4.78 is 8.25. The average Bonchev–Trinajstić information content (AvgIpc) is 2.84. The Labute approximate surface area is 135 Å². The number of imidazole rings is 1. The molecule has 0 bridgehead atoms. The van der Waals surface area contributed by atoms with Crippen molar-refractivity contribution in [3.05, 3.63) is 38.9 Å². The fraction of sp³-hybridized carbons (Fsp3) is 0.375. The molecule has 1 atom stereocenters. The minimum atomic E-state index is -0.109. The predicted molar refractivity (Wildman–Crippen MR) is 89.3 cm³/mol. The molecule has 4 rings (SSSR count). The van der Waals surface area contributed by atoms with E-state index in [1.807, 2.05) is 18.2 Å². The van der Waals surface area contributed by atoms with Crippen molar-refractivity contribution >= 4 is 37.9 Å². The van der Waals surface area contributed by atoms with Crippen LogP contribution in [0.2, 0.25) is 0 Å². The second-order valence-corrected chi connectivity index (χ2v) is 6.70. The molecule has 5 nitrogen and oxygen atoms in total. The van der Waals surface area contributed by atoms with Crippen molar-refractivity contribution in [3.63, 3.8) is 0 Å². The van der Waals surface area contributed by atoms with E-state index in [4.69, 9.17) is 9.72 Å². The van der Waals surface area contributed by atoms with E-state index in [2.05, 4.69) is 20.9 Å². The molecule has 22 heavy (non-hydrogen) atoms. The van der Waals surface area contributed by atoms with Crippen LogP contribution < -0.4 is 5.69 Å². The van der Waals surface area contributed by atoms with Gasteiger partial charge in [-0.1, -0.05) is 15.9 Å². The third-order valence-corrected chi connectivity index (χ3v) is 4.86. The lowest BCUT2D eigenvalue weighted by molar-refractivity contribution is 0.0797. The minimum Gasteiger partial charge on any atom is -0.381 e. The van der Waals surface area contributed by atoms with Gasteiger partial charge in [-0.15, -0.1) is 0 Å².